The third-order valence-corrected chi connectivity index (χ3v) is 3.43. The van der Waals surface area contributed by atoms with E-state index in [1.807, 2.05) is 0 Å². The van der Waals surface area contributed by atoms with Gasteiger partial charge in [-0.05, 0) is 6.08 Å². The van der Waals surface area contributed by atoms with Crippen molar-refractivity contribution < 1.29 is 19.4 Å². The van der Waals surface area contributed by atoms with Gasteiger partial charge >= 0.3 is 5.97 Å². The normalized spacial score (nSPS) is 30.5. The lowest BCUT2D eigenvalue weighted by Crippen LogP contribution is -2.65. The van der Waals surface area contributed by atoms with Gasteiger partial charge in [-0.3, -0.25) is 9.69 Å². The average molecular weight is 215 g/mol. The first-order valence-electron chi connectivity index (χ1n) is 4.07. The molecule has 2 heterocycles. The van der Waals surface area contributed by atoms with Gasteiger partial charge < -0.3 is 9.84 Å². The molecule has 1 amide bonds. The van der Waals surface area contributed by atoms with Crippen molar-refractivity contribution in [1.82, 2.24) is 4.90 Å². The lowest BCUT2D eigenvalue weighted by molar-refractivity contribution is -0.161. The zero-order valence-electron chi connectivity index (χ0n) is 7.47. The minimum Gasteiger partial charge on any atom is -0.477 e. The van der Waals surface area contributed by atoms with Gasteiger partial charge in [0, 0.05) is 12.9 Å². The molecule has 5 nitrogen and oxygen atoms in total. The summed E-state index contributed by atoms with van der Waals surface area (Å²) in [6.45, 7) is 0. The fraction of sp³-hybridized carbons (Fsp3) is 0.500. The van der Waals surface area contributed by atoms with Crippen molar-refractivity contribution in [3.8, 4) is 0 Å². The number of nitrogens with zero attached hydrogens (tertiary/aromatic N) is 1. The Balaban J connectivity index is 2.23. The summed E-state index contributed by atoms with van der Waals surface area (Å²) >= 11 is 1.51. The van der Waals surface area contributed by atoms with Gasteiger partial charge in [0.1, 0.15) is 11.1 Å². The van der Waals surface area contributed by atoms with E-state index in [-0.39, 0.29) is 17.0 Å². The second-order valence-corrected chi connectivity index (χ2v) is 4.13. The Kier molecular flexibility index (Phi) is 2.24. The highest BCUT2D eigenvalue weighted by Crippen LogP contribution is 2.38. The van der Waals surface area contributed by atoms with Crippen LogP contribution in [0.1, 0.15) is 0 Å². The summed E-state index contributed by atoms with van der Waals surface area (Å²) in [4.78, 5) is 23.5. The molecule has 2 atom stereocenters. The fourth-order valence-electron chi connectivity index (χ4n) is 1.59. The first kappa shape index (κ1) is 9.54. The Morgan fingerprint density at radius 2 is 2.50 bits per heavy atom. The number of ether oxygens (including phenoxy) is 1. The van der Waals surface area contributed by atoms with Crippen LogP contribution in [0.4, 0.5) is 0 Å². The maximum Gasteiger partial charge on any atom is 0.352 e. The number of carbonyl (C=O) groups is 2. The van der Waals surface area contributed by atoms with Crippen LogP contribution < -0.4 is 0 Å². The minimum absolute atomic E-state index is 0.0760. The number of carboxylic acids is 1. The molecule has 2 rings (SSSR count). The molecule has 2 aliphatic rings. The van der Waals surface area contributed by atoms with Crippen LogP contribution in [0.2, 0.25) is 0 Å². The molecule has 76 valence electrons. The summed E-state index contributed by atoms with van der Waals surface area (Å²) in [5, 5.41) is 8.66. The van der Waals surface area contributed by atoms with Crippen LogP contribution in [0.25, 0.3) is 0 Å². The molecule has 0 aromatic heterocycles. The second-order valence-electron chi connectivity index (χ2n) is 2.98. The van der Waals surface area contributed by atoms with Crippen LogP contribution in [0.5, 0.6) is 0 Å². The van der Waals surface area contributed by atoms with Crippen LogP contribution in [-0.2, 0) is 14.3 Å². The lowest BCUT2D eigenvalue weighted by Gasteiger charge is -2.47. The summed E-state index contributed by atoms with van der Waals surface area (Å²) in [5.74, 6) is -0.716. The highest BCUT2D eigenvalue weighted by atomic mass is 32.2. The quantitative estimate of drug-likeness (QED) is 0.651. The molecule has 0 aromatic rings. The fourth-order valence-corrected chi connectivity index (χ4v) is 2.81. The number of amides is 1. The van der Waals surface area contributed by atoms with Crippen LogP contribution in [0.3, 0.4) is 0 Å². The first-order valence-corrected chi connectivity index (χ1v) is 5.12. The molecule has 0 saturated carbocycles. The van der Waals surface area contributed by atoms with E-state index in [1.165, 1.54) is 23.8 Å². The molecule has 14 heavy (non-hydrogen) atoms. The molecular formula is C8H9NO4S. The molecule has 0 aromatic carbocycles. The summed E-state index contributed by atoms with van der Waals surface area (Å²) in [5.41, 5.74) is 0.0760. The maximum atomic E-state index is 11.4. The van der Waals surface area contributed by atoms with Crippen molar-refractivity contribution in [1.29, 1.82) is 0 Å². The molecule has 6 heteroatoms. The molecule has 1 saturated heterocycles. The topological polar surface area (TPSA) is 66.8 Å². The number of aliphatic carboxylic acids is 1. The molecule has 1 unspecified atom stereocenters. The Morgan fingerprint density at radius 1 is 1.79 bits per heavy atom. The van der Waals surface area contributed by atoms with Crippen LogP contribution in [0.15, 0.2) is 11.8 Å². The molecule has 1 fully saturated rings. The number of β-lactam (4-membered cyclic amide) rings is 1. The molecular weight excluding hydrogens is 206 g/mol. The number of carboxylic acid groups (broad SMARTS) is 1. The van der Waals surface area contributed by atoms with Gasteiger partial charge in [-0.25, -0.2) is 4.79 Å². The van der Waals surface area contributed by atoms with Crippen LogP contribution in [0, 0.1) is 0 Å². The van der Waals surface area contributed by atoms with Crippen molar-refractivity contribution in [2.24, 2.45) is 0 Å². The Hall–Kier alpha value is -1.01. The number of rotatable bonds is 2. The third-order valence-electron chi connectivity index (χ3n) is 2.27. The predicted octanol–water partition coefficient (Wildman–Crippen LogP) is -0.115. The zero-order valence-corrected chi connectivity index (χ0v) is 8.28. The maximum absolute atomic E-state index is 11.4. The third kappa shape index (κ3) is 1.14. The van der Waals surface area contributed by atoms with Gasteiger partial charge in [0.2, 0.25) is 0 Å². The summed E-state index contributed by atoms with van der Waals surface area (Å²) in [6, 6.07) is 0. The SMILES string of the molecule is COC1C(=O)N2C(C(=O)O)=CCS[C@@H]12. The number of thioether (sulfide) groups is 1. The van der Waals surface area contributed by atoms with E-state index in [0.717, 1.165) is 0 Å². The van der Waals surface area contributed by atoms with Gasteiger partial charge in [-0.15, -0.1) is 11.8 Å². The van der Waals surface area contributed by atoms with Crippen molar-refractivity contribution in [3.63, 3.8) is 0 Å². The monoisotopic (exact) mass is 215 g/mol. The van der Waals surface area contributed by atoms with E-state index in [2.05, 4.69) is 0 Å². The standard InChI is InChI=1S/C8H9NO4S/c1-13-5-6(10)9-4(8(11)12)2-3-14-7(5)9/h2,5,7H,3H2,1H3,(H,11,12)/t5?,7-/m0/s1. The van der Waals surface area contributed by atoms with E-state index >= 15 is 0 Å². The van der Waals surface area contributed by atoms with Gasteiger partial charge in [0.25, 0.3) is 5.91 Å². The Morgan fingerprint density at radius 3 is 3.07 bits per heavy atom. The van der Waals surface area contributed by atoms with E-state index in [9.17, 15) is 9.59 Å². The largest absolute Gasteiger partial charge is 0.477 e. The van der Waals surface area contributed by atoms with Crippen molar-refractivity contribution >= 4 is 23.6 Å². The van der Waals surface area contributed by atoms with E-state index < -0.39 is 12.1 Å². The molecule has 0 bridgehead atoms. The highest BCUT2D eigenvalue weighted by molar-refractivity contribution is 8.00. The molecule has 1 N–H and O–H groups in total. The van der Waals surface area contributed by atoms with E-state index in [1.54, 1.807) is 6.08 Å². The second kappa shape index (κ2) is 3.29. The van der Waals surface area contributed by atoms with Crippen molar-refractivity contribution in [2.45, 2.75) is 11.5 Å². The zero-order chi connectivity index (χ0) is 10.3. The van der Waals surface area contributed by atoms with E-state index in [0.29, 0.717) is 5.75 Å². The molecule has 0 radical (unpaired) electrons. The number of carbonyl (C=O) groups excluding carboxylic acids is 1. The number of hydrogen-bond donors (Lipinski definition) is 1. The summed E-state index contributed by atoms with van der Waals surface area (Å²) in [6.07, 6.45) is 1.07. The van der Waals surface area contributed by atoms with Gasteiger partial charge in [0.15, 0.2) is 6.10 Å². The highest BCUT2D eigenvalue weighted by Gasteiger charge is 2.52. The molecule has 0 aliphatic carbocycles. The number of hydrogen-bond acceptors (Lipinski definition) is 4. The number of fused-ring (bicyclic) bond motifs is 1. The van der Waals surface area contributed by atoms with Gasteiger partial charge in [-0.1, -0.05) is 0 Å². The lowest BCUT2D eigenvalue weighted by atomic mass is 10.1. The van der Waals surface area contributed by atoms with Gasteiger partial charge in [0.05, 0.1) is 0 Å². The average Bonchev–Trinajstić information content (AvgIpc) is 2.16. The minimum atomic E-state index is -1.06. The van der Waals surface area contributed by atoms with Crippen molar-refractivity contribution in [3.05, 3.63) is 11.8 Å². The molecule has 2 aliphatic heterocycles. The summed E-state index contributed by atoms with van der Waals surface area (Å²) < 4.78 is 4.96. The molecule has 0 spiro atoms. The summed E-state index contributed by atoms with van der Waals surface area (Å²) in [7, 11) is 1.46. The Labute approximate surface area is 84.7 Å². The predicted molar refractivity (Wildman–Crippen MR) is 49.6 cm³/mol. The number of methoxy groups -OCH3 is 1. The Bertz CT molecular complexity index is 327. The van der Waals surface area contributed by atoms with Crippen molar-refractivity contribution in [2.75, 3.05) is 12.9 Å². The smallest absolute Gasteiger partial charge is 0.352 e. The van der Waals surface area contributed by atoms with Crippen LogP contribution >= 0.6 is 11.8 Å². The van der Waals surface area contributed by atoms with Gasteiger partial charge in [-0.2, -0.15) is 0 Å². The van der Waals surface area contributed by atoms with Crippen LogP contribution in [-0.4, -0.2) is 46.2 Å². The first-order chi connectivity index (χ1) is 6.66. The van der Waals surface area contributed by atoms with E-state index in [4.69, 9.17) is 9.84 Å².